The van der Waals surface area contributed by atoms with Gasteiger partial charge in [0, 0.05) is 10.5 Å². The number of hydrogen-bond acceptors (Lipinski definition) is 4. The predicted octanol–water partition coefficient (Wildman–Crippen LogP) is 3.18. The zero-order chi connectivity index (χ0) is 15.6. The summed E-state index contributed by atoms with van der Waals surface area (Å²) in [6, 6.07) is 10.3. The van der Waals surface area contributed by atoms with E-state index in [1.807, 2.05) is 24.3 Å². The maximum atomic E-state index is 12.3. The lowest BCUT2D eigenvalue weighted by atomic mass is 10.1. The maximum absolute atomic E-state index is 12.3. The standard InChI is InChI=1S/C13H13BrN2O2S3/c1-8(9-2-4-10(14)5-3-9)16-21(17,18)12-7-6-11(20-12)13(15)19/h2-8,16H,1H3,(H2,15,19). The Hall–Kier alpha value is -0.800. The zero-order valence-electron chi connectivity index (χ0n) is 11.0. The highest BCUT2D eigenvalue weighted by Crippen LogP contribution is 2.24. The minimum absolute atomic E-state index is 0.197. The molecule has 0 saturated heterocycles. The normalized spacial score (nSPS) is 13.0. The van der Waals surface area contributed by atoms with E-state index in [4.69, 9.17) is 18.0 Å². The molecule has 3 N–H and O–H groups in total. The summed E-state index contributed by atoms with van der Waals surface area (Å²) in [5.74, 6) is 0. The van der Waals surface area contributed by atoms with E-state index in [9.17, 15) is 8.42 Å². The van der Waals surface area contributed by atoms with Gasteiger partial charge in [0.1, 0.15) is 9.20 Å². The molecular formula is C13H13BrN2O2S3. The molecule has 1 unspecified atom stereocenters. The fraction of sp³-hybridized carbons (Fsp3) is 0.154. The van der Waals surface area contributed by atoms with Gasteiger partial charge in [-0.25, -0.2) is 13.1 Å². The van der Waals surface area contributed by atoms with Crippen LogP contribution in [0.1, 0.15) is 23.4 Å². The van der Waals surface area contributed by atoms with Gasteiger partial charge in [0.05, 0.1) is 4.88 Å². The van der Waals surface area contributed by atoms with Crippen molar-refractivity contribution in [3.63, 3.8) is 0 Å². The summed E-state index contributed by atoms with van der Waals surface area (Å²) in [7, 11) is -3.59. The molecule has 1 heterocycles. The maximum Gasteiger partial charge on any atom is 0.250 e. The van der Waals surface area contributed by atoms with Crippen molar-refractivity contribution in [2.24, 2.45) is 5.73 Å². The molecule has 2 aromatic rings. The average Bonchev–Trinajstić information content (AvgIpc) is 2.89. The molecule has 0 fully saturated rings. The van der Waals surface area contributed by atoms with Gasteiger partial charge in [0.2, 0.25) is 0 Å². The van der Waals surface area contributed by atoms with E-state index >= 15 is 0 Å². The second-order valence-electron chi connectivity index (χ2n) is 4.38. The monoisotopic (exact) mass is 404 g/mol. The average molecular weight is 405 g/mol. The van der Waals surface area contributed by atoms with Crippen LogP contribution in [0.15, 0.2) is 45.1 Å². The molecule has 21 heavy (non-hydrogen) atoms. The first-order valence-corrected chi connectivity index (χ1v) is 9.47. The molecule has 1 aromatic carbocycles. The highest BCUT2D eigenvalue weighted by Gasteiger charge is 2.20. The van der Waals surface area contributed by atoms with Crippen LogP contribution >= 0.6 is 39.5 Å². The summed E-state index contributed by atoms with van der Waals surface area (Å²) in [6.45, 7) is 1.79. The van der Waals surface area contributed by atoms with E-state index in [1.165, 1.54) is 6.07 Å². The Balaban J connectivity index is 2.20. The summed E-state index contributed by atoms with van der Waals surface area (Å²) in [5.41, 5.74) is 6.38. The number of thiocarbonyl (C=S) groups is 1. The van der Waals surface area contributed by atoms with Crippen LogP contribution in [0.5, 0.6) is 0 Å². The number of hydrogen-bond donors (Lipinski definition) is 2. The minimum atomic E-state index is -3.59. The Labute approximate surface area is 141 Å². The third-order valence-corrected chi connectivity index (χ3v) is 6.82. The second kappa shape index (κ2) is 6.53. The second-order valence-corrected chi connectivity index (χ2v) is 8.76. The number of nitrogens with two attached hydrogens (primary N) is 1. The summed E-state index contributed by atoms with van der Waals surface area (Å²) in [4.78, 5) is 0.782. The number of sulfonamides is 1. The molecule has 4 nitrogen and oxygen atoms in total. The molecule has 8 heteroatoms. The number of halogens is 1. The Morgan fingerprint density at radius 2 is 1.90 bits per heavy atom. The van der Waals surface area contributed by atoms with Crippen LogP contribution in [0.4, 0.5) is 0 Å². The van der Waals surface area contributed by atoms with Crippen molar-refractivity contribution in [3.8, 4) is 0 Å². The van der Waals surface area contributed by atoms with Crippen LogP contribution in [0.2, 0.25) is 0 Å². The molecule has 1 atom stereocenters. The van der Waals surface area contributed by atoms with Gasteiger partial charge in [0.15, 0.2) is 0 Å². The molecular weight excluding hydrogens is 392 g/mol. The van der Waals surface area contributed by atoms with Gasteiger partial charge in [-0.3, -0.25) is 0 Å². The lowest BCUT2D eigenvalue weighted by molar-refractivity contribution is 0.569. The highest BCUT2D eigenvalue weighted by molar-refractivity contribution is 9.10. The van der Waals surface area contributed by atoms with E-state index < -0.39 is 10.0 Å². The summed E-state index contributed by atoms with van der Waals surface area (Å²) in [5, 5.41) is 0. The summed E-state index contributed by atoms with van der Waals surface area (Å²) in [6.07, 6.45) is 0. The van der Waals surface area contributed by atoms with Crippen LogP contribution in [0.25, 0.3) is 0 Å². The van der Waals surface area contributed by atoms with Gasteiger partial charge in [-0.05, 0) is 36.8 Å². The number of rotatable bonds is 5. The number of benzene rings is 1. The molecule has 1 aromatic heterocycles. The zero-order valence-corrected chi connectivity index (χ0v) is 15.1. The topological polar surface area (TPSA) is 72.2 Å². The van der Waals surface area contributed by atoms with Crippen molar-refractivity contribution in [1.29, 1.82) is 0 Å². The Bertz CT molecular complexity index is 754. The molecule has 0 aliphatic heterocycles. The molecule has 0 aliphatic rings. The summed E-state index contributed by atoms with van der Waals surface area (Å²) >= 11 is 9.25. The van der Waals surface area contributed by atoms with Crippen molar-refractivity contribution in [3.05, 3.63) is 51.3 Å². The summed E-state index contributed by atoms with van der Waals surface area (Å²) < 4.78 is 28.4. The lowest BCUT2D eigenvalue weighted by Crippen LogP contribution is -2.26. The quantitative estimate of drug-likeness (QED) is 0.750. The smallest absolute Gasteiger partial charge is 0.250 e. The van der Waals surface area contributed by atoms with E-state index in [-0.39, 0.29) is 15.2 Å². The van der Waals surface area contributed by atoms with Crippen LogP contribution in [0, 0.1) is 0 Å². The fourth-order valence-corrected chi connectivity index (χ4v) is 4.57. The largest absolute Gasteiger partial charge is 0.389 e. The third kappa shape index (κ3) is 4.10. The van der Waals surface area contributed by atoms with Gasteiger partial charge in [-0.1, -0.05) is 40.3 Å². The molecule has 112 valence electrons. The van der Waals surface area contributed by atoms with Gasteiger partial charge in [-0.15, -0.1) is 11.3 Å². The first kappa shape index (κ1) is 16.6. The number of nitrogens with one attached hydrogen (secondary N) is 1. The molecule has 0 bridgehead atoms. The predicted molar refractivity (Wildman–Crippen MR) is 93.1 cm³/mol. The van der Waals surface area contributed by atoms with E-state index in [1.54, 1.807) is 13.0 Å². The van der Waals surface area contributed by atoms with Crippen molar-refractivity contribution in [2.75, 3.05) is 0 Å². The molecule has 0 spiro atoms. The first-order valence-electron chi connectivity index (χ1n) is 5.97. The lowest BCUT2D eigenvalue weighted by Gasteiger charge is -2.13. The van der Waals surface area contributed by atoms with E-state index in [0.717, 1.165) is 21.4 Å². The van der Waals surface area contributed by atoms with Crippen molar-refractivity contribution in [2.45, 2.75) is 17.2 Å². The van der Waals surface area contributed by atoms with Crippen molar-refractivity contribution in [1.82, 2.24) is 4.72 Å². The number of thiophene rings is 1. The molecule has 0 radical (unpaired) electrons. The van der Waals surface area contributed by atoms with E-state index in [2.05, 4.69) is 20.7 Å². The van der Waals surface area contributed by atoms with Crippen molar-refractivity contribution >= 4 is 54.5 Å². The Morgan fingerprint density at radius 3 is 2.43 bits per heavy atom. The molecule has 0 saturated carbocycles. The van der Waals surface area contributed by atoms with Gasteiger partial charge in [-0.2, -0.15) is 0 Å². The molecule has 2 rings (SSSR count). The van der Waals surface area contributed by atoms with Crippen LogP contribution < -0.4 is 10.5 Å². The Kier molecular flexibility index (Phi) is 5.15. The van der Waals surface area contributed by atoms with Crippen LogP contribution in [-0.2, 0) is 10.0 Å². The van der Waals surface area contributed by atoms with Crippen molar-refractivity contribution < 1.29 is 8.42 Å². The fourth-order valence-electron chi connectivity index (χ4n) is 1.71. The molecule has 0 amide bonds. The third-order valence-electron chi connectivity index (χ3n) is 2.79. The van der Waals surface area contributed by atoms with E-state index in [0.29, 0.717) is 4.88 Å². The Morgan fingerprint density at radius 1 is 1.29 bits per heavy atom. The molecule has 0 aliphatic carbocycles. The SMILES string of the molecule is CC(NS(=O)(=O)c1ccc(C(N)=S)s1)c1ccc(Br)cc1. The van der Waals surface area contributed by atoms with Gasteiger partial charge in [0.25, 0.3) is 10.0 Å². The minimum Gasteiger partial charge on any atom is -0.389 e. The highest BCUT2D eigenvalue weighted by atomic mass is 79.9. The van der Waals surface area contributed by atoms with Gasteiger partial charge >= 0.3 is 0 Å². The van der Waals surface area contributed by atoms with Crippen LogP contribution in [0.3, 0.4) is 0 Å². The van der Waals surface area contributed by atoms with Gasteiger partial charge < -0.3 is 5.73 Å². The first-order chi connectivity index (χ1) is 9.79. The van der Waals surface area contributed by atoms with Crippen LogP contribution in [-0.4, -0.2) is 13.4 Å².